The number of carbonyl (C=O) groups is 2. The molecule has 0 spiro atoms. The Morgan fingerprint density at radius 3 is 2.73 bits per heavy atom. The third-order valence-electron chi connectivity index (χ3n) is 3.59. The minimum atomic E-state index is -0.541. The van der Waals surface area contributed by atoms with Crippen molar-refractivity contribution in [2.45, 2.75) is 39.3 Å². The summed E-state index contributed by atoms with van der Waals surface area (Å²) in [6, 6.07) is 6.60. The van der Waals surface area contributed by atoms with Crippen molar-refractivity contribution in [3.63, 3.8) is 0 Å². The van der Waals surface area contributed by atoms with Crippen molar-refractivity contribution < 1.29 is 14.3 Å². The molecule has 1 heterocycles. The minimum Gasteiger partial charge on any atom is -0.459 e. The second kappa shape index (κ2) is 6.96. The lowest BCUT2D eigenvalue weighted by molar-refractivity contribution is -0.144. The highest BCUT2D eigenvalue weighted by atomic mass is 79.9. The predicted octanol–water partition coefficient (Wildman–Crippen LogP) is 3.42. The van der Waals surface area contributed by atoms with E-state index in [1.54, 1.807) is 6.92 Å². The van der Waals surface area contributed by atoms with Gasteiger partial charge in [0, 0.05) is 10.2 Å². The quantitative estimate of drug-likeness (QED) is 0.802. The molecule has 1 aliphatic heterocycles. The number of hydrogen-bond donors (Lipinski definition) is 2. The van der Waals surface area contributed by atoms with Crippen LogP contribution < -0.4 is 10.6 Å². The number of carbonyl (C=O) groups excluding carboxylic acids is 2. The summed E-state index contributed by atoms with van der Waals surface area (Å²) in [5, 5.41) is 5.42. The zero-order valence-corrected chi connectivity index (χ0v) is 14.4. The van der Waals surface area contributed by atoms with Gasteiger partial charge in [-0.25, -0.2) is 9.59 Å². The molecule has 2 N–H and O–H groups in total. The Morgan fingerprint density at radius 1 is 1.41 bits per heavy atom. The number of urea groups is 1. The Balaban J connectivity index is 2.41. The highest BCUT2D eigenvalue weighted by Crippen LogP contribution is 2.32. The maximum absolute atomic E-state index is 12.5. The van der Waals surface area contributed by atoms with Gasteiger partial charge < -0.3 is 15.4 Å². The zero-order valence-electron chi connectivity index (χ0n) is 12.8. The monoisotopic (exact) mass is 366 g/mol. The third kappa shape index (κ3) is 3.50. The van der Waals surface area contributed by atoms with Crippen molar-refractivity contribution >= 4 is 27.9 Å². The molecule has 2 rings (SSSR count). The summed E-state index contributed by atoms with van der Waals surface area (Å²) in [4.78, 5) is 24.3. The van der Waals surface area contributed by atoms with Gasteiger partial charge in [0.1, 0.15) is 0 Å². The number of benzene rings is 1. The lowest BCUT2D eigenvalue weighted by atomic mass is 9.95. The molecular weight excluding hydrogens is 348 g/mol. The smallest absolute Gasteiger partial charge is 0.338 e. The third-order valence-corrected chi connectivity index (χ3v) is 4.31. The van der Waals surface area contributed by atoms with Crippen LogP contribution in [0, 0.1) is 0 Å². The Kier molecular flexibility index (Phi) is 5.24. The molecular formula is C16H19BrN2O3. The minimum absolute atomic E-state index is 0.176. The van der Waals surface area contributed by atoms with Crippen molar-refractivity contribution in [3.8, 4) is 0 Å². The maximum atomic E-state index is 12.5. The van der Waals surface area contributed by atoms with Crippen LogP contribution in [0.2, 0.25) is 0 Å². The van der Waals surface area contributed by atoms with E-state index in [-0.39, 0.29) is 12.1 Å². The molecule has 0 radical (unpaired) electrons. The number of nitrogens with one attached hydrogen (secondary N) is 2. The number of rotatable bonds is 4. The summed E-state index contributed by atoms with van der Waals surface area (Å²) < 4.78 is 6.26. The average molecular weight is 367 g/mol. The molecule has 0 aromatic heterocycles. The van der Waals surface area contributed by atoms with Gasteiger partial charge in [-0.15, -0.1) is 0 Å². The lowest BCUT2D eigenvalue weighted by Crippen LogP contribution is -2.45. The number of halogens is 1. The zero-order chi connectivity index (χ0) is 16.3. The molecule has 118 valence electrons. The number of allylic oxidation sites excluding steroid dienone is 1. The van der Waals surface area contributed by atoms with Crippen LogP contribution in [0.4, 0.5) is 4.79 Å². The van der Waals surface area contributed by atoms with Gasteiger partial charge in [0.05, 0.1) is 17.7 Å². The van der Waals surface area contributed by atoms with Crippen LogP contribution in [-0.4, -0.2) is 18.1 Å². The summed E-state index contributed by atoms with van der Waals surface area (Å²) in [7, 11) is 0. The van der Waals surface area contributed by atoms with Crippen molar-refractivity contribution in [2.24, 2.45) is 0 Å². The van der Waals surface area contributed by atoms with Crippen LogP contribution in [0.3, 0.4) is 0 Å². The molecule has 2 atom stereocenters. The van der Waals surface area contributed by atoms with E-state index in [1.807, 2.05) is 38.1 Å². The Hall–Kier alpha value is -1.82. The summed E-state index contributed by atoms with van der Waals surface area (Å²) >= 11 is 3.47. The number of ether oxygens (including phenoxy) is 1. The summed E-state index contributed by atoms with van der Waals surface area (Å²) in [6.07, 6.45) is 0.558. The van der Waals surface area contributed by atoms with Crippen LogP contribution in [0.1, 0.15) is 38.8 Å². The van der Waals surface area contributed by atoms with Gasteiger partial charge in [-0.2, -0.15) is 0 Å². The molecule has 1 aliphatic rings. The standard InChI is InChI=1S/C16H19BrN2O3/c1-4-9(2)22-15(20)13-10(3)18-16(21)19-14(13)11-7-5-6-8-12(11)17/h5-9,14H,4H2,1-3H3,(H2,18,19,21)/t9-,14+/m1/s1. The fourth-order valence-corrected chi connectivity index (χ4v) is 2.75. The van der Waals surface area contributed by atoms with Gasteiger partial charge in [-0.05, 0) is 31.9 Å². The fourth-order valence-electron chi connectivity index (χ4n) is 2.24. The molecule has 0 fully saturated rings. The first-order valence-electron chi connectivity index (χ1n) is 7.17. The van der Waals surface area contributed by atoms with E-state index < -0.39 is 12.0 Å². The molecule has 0 saturated carbocycles. The number of hydrogen-bond acceptors (Lipinski definition) is 3. The first kappa shape index (κ1) is 16.5. The fraction of sp³-hybridized carbons (Fsp3) is 0.375. The van der Waals surface area contributed by atoms with Crippen LogP contribution in [0.5, 0.6) is 0 Å². The summed E-state index contributed by atoms with van der Waals surface area (Å²) in [5.41, 5.74) is 1.75. The van der Waals surface area contributed by atoms with E-state index in [2.05, 4.69) is 26.6 Å². The highest BCUT2D eigenvalue weighted by molar-refractivity contribution is 9.10. The second-order valence-electron chi connectivity index (χ2n) is 5.22. The lowest BCUT2D eigenvalue weighted by Gasteiger charge is -2.29. The van der Waals surface area contributed by atoms with Crippen LogP contribution in [0.15, 0.2) is 40.0 Å². The molecule has 22 heavy (non-hydrogen) atoms. The van der Waals surface area contributed by atoms with Crippen LogP contribution >= 0.6 is 15.9 Å². The summed E-state index contributed by atoms with van der Waals surface area (Å²) in [6.45, 7) is 5.50. The van der Waals surface area contributed by atoms with E-state index in [1.165, 1.54) is 0 Å². The molecule has 6 heteroatoms. The molecule has 0 unspecified atom stereocenters. The van der Waals surface area contributed by atoms with E-state index in [0.717, 1.165) is 16.5 Å². The first-order valence-corrected chi connectivity index (χ1v) is 7.97. The van der Waals surface area contributed by atoms with E-state index >= 15 is 0 Å². The number of amides is 2. The number of esters is 1. The second-order valence-corrected chi connectivity index (χ2v) is 6.07. The largest absolute Gasteiger partial charge is 0.459 e. The van der Waals surface area contributed by atoms with Gasteiger partial charge in [-0.3, -0.25) is 0 Å². The Labute approximate surface area is 138 Å². The van der Waals surface area contributed by atoms with Gasteiger partial charge >= 0.3 is 12.0 Å². The van der Waals surface area contributed by atoms with Crippen molar-refractivity contribution in [2.75, 3.05) is 0 Å². The Bertz CT molecular complexity index is 628. The van der Waals surface area contributed by atoms with Crippen LogP contribution in [-0.2, 0) is 9.53 Å². The topological polar surface area (TPSA) is 67.4 Å². The molecule has 2 amide bonds. The van der Waals surface area contributed by atoms with Gasteiger partial charge in [-0.1, -0.05) is 41.1 Å². The molecule has 1 aromatic rings. The molecule has 0 aliphatic carbocycles. The molecule has 1 aromatic carbocycles. The van der Waals surface area contributed by atoms with E-state index in [4.69, 9.17) is 4.74 Å². The van der Waals surface area contributed by atoms with Crippen molar-refractivity contribution in [3.05, 3.63) is 45.6 Å². The average Bonchev–Trinajstić information content (AvgIpc) is 2.46. The normalized spacial score (nSPS) is 19.3. The van der Waals surface area contributed by atoms with Crippen LogP contribution in [0.25, 0.3) is 0 Å². The SMILES string of the molecule is CC[C@@H](C)OC(=O)C1=C(C)NC(=O)N[C@H]1c1ccccc1Br. The molecule has 5 nitrogen and oxygen atoms in total. The van der Waals surface area contributed by atoms with Gasteiger partial charge in [0.25, 0.3) is 0 Å². The van der Waals surface area contributed by atoms with Crippen molar-refractivity contribution in [1.82, 2.24) is 10.6 Å². The molecule has 0 bridgehead atoms. The van der Waals surface area contributed by atoms with Gasteiger partial charge in [0.15, 0.2) is 0 Å². The summed E-state index contributed by atoms with van der Waals surface area (Å²) in [5.74, 6) is -0.417. The maximum Gasteiger partial charge on any atom is 0.338 e. The first-order chi connectivity index (χ1) is 10.4. The Morgan fingerprint density at radius 2 is 2.09 bits per heavy atom. The van der Waals surface area contributed by atoms with E-state index in [9.17, 15) is 9.59 Å². The highest BCUT2D eigenvalue weighted by Gasteiger charge is 2.33. The van der Waals surface area contributed by atoms with Crippen molar-refractivity contribution in [1.29, 1.82) is 0 Å². The molecule has 0 saturated heterocycles. The van der Waals surface area contributed by atoms with Gasteiger partial charge in [0.2, 0.25) is 0 Å². The van der Waals surface area contributed by atoms with E-state index in [0.29, 0.717) is 11.3 Å². The predicted molar refractivity (Wildman–Crippen MR) is 87.1 cm³/mol.